The van der Waals surface area contributed by atoms with E-state index in [1.54, 1.807) is 6.20 Å². The molecule has 0 saturated heterocycles. The molecule has 3 heteroatoms. The molecule has 0 spiro atoms. The number of hydrogen-bond donors (Lipinski definition) is 1. The van der Waals surface area contributed by atoms with Gasteiger partial charge in [0, 0.05) is 12.1 Å². The summed E-state index contributed by atoms with van der Waals surface area (Å²) in [5, 5.41) is 7.24. The van der Waals surface area contributed by atoms with E-state index in [1.807, 2.05) is 6.07 Å². The quantitative estimate of drug-likeness (QED) is 0.876. The van der Waals surface area contributed by atoms with E-state index in [0.717, 1.165) is 18.7 Å². The summed E-state index contributed by atoms with van der Waals surface area (Å²) in [6.45, 7) is 0.771. The zero-order chi connectivity index (χ0) is 11.5. The van der Waals surface area contributed by atoms with Crippen LogP contribution in [-0.4, -0.2) is 11.2 Å². The van der Waals surface area contributed by atoms with Gasteiger partial charge in [-0.3, -0.25) is 0 Å². The fourth-order valence-electron chi connectivity index (χ4n) is 2.45. The Balaban J connectivity index is 1.61. The van der Waals surface area contributed by atoms with Gasteiger partial charge in [0.25, 0.3) is 0 Å². The lowest BCUT2D eigenvalue weighted by molar-refractivity contribution is 0.355. The van der Waals surface area contributed by atoms with Crippen molar-refractivity contribution in [3.8, 4) is 0 Å². The van der Waals surface area contributed by atoms with Crippen molar-refractivity contribution in [2.45, 2.75) is 31.8 Å². The van der Waals surface area contributed by atoms with Gasteiger partial charge in [-0.25, -0.2) is 0 Å². The first-order chi connectivity index (χ1) is 8.42. The van der Waals surface area contributed by atoms with Crippen LogP contribution in [0.3, 0.4) is 0 Å². The van der Waals surface area contributed by atoms with Crippen LogP contribution in [-0.2, 0) is 19.4 Å². The molecule has 0 bridgehead atoms. The van der Waals surface area contributed by atoms with Crippen LogP contribution in [0.25, 0.3) is 0 Å². The molecule has 1 aliphatic rings. The number of aryl methyl sites for hydroxylation is 1. The van der Waals surface area contributed by atoms with Gasteiger partial charge in [-0.05, 0) is 30.4 Å². The Morgan fingerprint density at radius 2 is 2.12 bits per heavy atom. The first kappa shape index (κ1) is 10.5. The molecule has 1 aromatic heterocycles. The molecule has 1 atom stereocenters. The maximum atomic E-state index is 5.08. The molecular weight excluding hydrogens is 212 g/mol. The molecular formula is C14H16N2O. The summed E-state index contributed by atoms with van der Waals surface area (Å²) >= 11 is 0. The average molecular weight is 228 g/mol. The molecule has 0 amide bonds. The second-order valence-corrected chi connectivity index (χ2v) is 4.57. The number of fused-ring (bicyclic) bond motifs is 1. The zero-order valence-corrected chi connectivity index (χ0v) is 9.73. The monoisotopic (exact) mass is 228 g/mol. The molecule has 3 rings (SSSR count). The third-order valence-electron chi connectivity index (χ3n) is 3.40. The topological polar surface area (TPSA) is 38.1 Å². The van der Waals surface area contributed by atoms with Gasteiger partial charge in [0.15, 0.2) is 0 Å². The van der Waals surface area contributed by atoms with E-state index >= 15 is 0 Å². The van der Waals surface area contributed by atoms with Gasteiger partial charge in [0.2, 0.25) is 0 Å². The highest BCUT2D eigenvalue weighted by Gasteiger charge is 2.17. The summed E-state index contributed by atoms with van der Waals surface area (Å²) < 4.78 is 5.08. The van der Waals surface area contributed by atoms with Crippen LogP contribution in [0.15, 0.2) is 41.1 Å². The third kappa shape index (κ3) is 2.39. The van der Waals surface area contributed by atoms with Crippen LogP contribution in [0.5, 0.6) is 0 Å². The molecule has 1 N–H and O–H groups in total. The Hall–Kier alpha value is -1.61. The molecule has 1 unspecified atom stereocenters. The number of aromatic nitrogens is 1. The molecule has 3 nitrogen and oxygen atoms in total. The van der Waals surface area contributed by atoms with Crippen molar-refractivity contribution in [1.82, 2.24) is 10.5 Å². The van der Waals surface area contributed by atoms with Crippen LogP contribution in [0, 0.1) is 0 Å². The third-order valence-corrected chi connectivity index (χ3v) is 3.40. The maximum absolute atomic E-state index is 5.08. The fraction of sp³-hybridized carbons (Fsp3) is 0.357. The summed E-state index contributed by atoms with van der Waals surface area (Å²) in [4.78, 5) is 0. The first-order valence-corrected chi connectivity index (χ1v) is 6.11. The van der Waals surface area contributed by atoms with Crippen LogP contribution in [0.1, 0.15) is 23.3 Å². The number of nitrogens with one attached hydrogen (secondary N) is 1. The molecule has 0 fully saturated rings. The summed E-state index contributed by atoms with van der Waals surface area (Å²) in [5.74, 6) is 0.906. The van der Waals surface area contributed by atoms with E-state index in [4.69, 9.17) is 4.52 Å². The summed E-state index contributed by atoms with van der Waals surface area (Å²) in [7, 11) is 0. The van der Waals surface area contributed by atoms with Gasteiger partial charge in [-0.15, -0.1) is 0 Å². The van der Waals surface area contributed by atoms with Gasteiger partial charge in [-0.1, -0.05) is 29.4 Å². The van der Waals surface area contributed by atoms with Crippen molar-refractivity contribution in [1.29, 1.82) is 0 Å². The van der Waals surface area contributed by atoms with Crippen molar-refractivity contribution in [2.24, 2.45) is 0 Å². The SMILES string of the molecule is c1ccc2c(c1)CCC(NCc1ccno1)C2. The number of rotatable bonds is 3. The van der Waals surface area contributed by atoms with Crippen molar-refractivity contribution >= 4 is 0 Å². The van der Waals surface area contributed by atoms with Gasteiger partial charge in [-0.2, -0.15) is 0 Å². The summed E-state index contributed by atoms with van der Waals surface area (Å²) in [5.41, 5.74) is 2.99. The van der Waals surface area contributed by atoms with E-state index in [2.05, 4.69) is 34.7 Å². The van der Waals surface area contributed by atoms with E-state index in [-0.39, 0.29) is 0 Å². The molecule has 1 aromatic carbocycles. The molecule has 17 heavy (non-hydrogen) atoms. The van der Waals surface area contributed by atoms with Gasteiger partial charge in [0.1, 0.15) is 5.76 Å². The highest BCUT2D eigenvalue weighted by atomic mass is 16.5. The van der Waals surface area contributed by atoms with Gasteiger partial charge in [0.05, 0.1) is 12.7 Å². The standard InChI is InChI=1S/C14H16N2O/c1-2-4-12-9-13(6-5-11(12)3-1)15-10-14-7-8-16-17-14/h1-4,7-8,13,15H,5-6,9-10H2. The Kier molecular flexibility index (Phi) is 2.92. The maximum Gasteiger partial charge on any atom is 0.150 e. The highest BCUT2D eigenvalue weighted by molar-refractivity contribution is 5.30. The normalized spacial score (nSPS) is 18.9. The predicted octanol–water partition coefficient (Wildman–Crippen LogP) is 2.32. The van der Waals surface area contributed by atoms with Crippen molar-refractivity contribution in [3.05, 3.63) is 53.4 Å². The average Bonchev–Trinajstić information content (AvgIpc) is 2.89. The Morgan fingerprint density at radius 3 is 2.94 bits per heavy atom. The Labute approximate surface area is 101 Å². The smallest absolute Gasteiger partial charge is 0.150 e. The number of nitrogens with zero attached hydrogens (tertiary/aromatic N) is 1. The molecule has 2 aromatic rings. The molecule has 0 aliphatic heterocycles. The van der Waals surface area contributed by atoms with Crippen molar-refractivity contribution in [2.75, 3.05) is 0 Å². The van der Waals surface area contributed by atoms with Crippen LogP contribution in [0.4, 0.5) is 0 Å². The molecule has 0 radical (unpaired) electrons. The molecule has 88 valence electrons. The first-order valence-electron chi connectivity index (χ1n) is 6.11. The second-order valence-electron chi connectivity index (χ2n) is 4.57. The lowest BCUT2D eigenvalue weighted by atomic mass is 9.88. The molecule has 1 heterocycles. The minimum Gasteiger partial charge on any atom is -0.360 e. The molecule has 1 aliphatic carbocycles. The number of hydrogen-bond acceptors (Lipinski definition) is 3. The van der Waals surface area contributed by atoms with Gasteiger partial charge < -0.3 is 9.84 Å². The Morgan fingerprint density at radius 1 is 1.24 bits per heavy atom. The fourth-order valence-corrected chi connectivity index (χ4v) is 2.45. The lowest BCUT2D eigenvalue weighted by Gasteiger charge is -2.25. The van der Waals surface area contributed by atoms with E-state index in [0.29, 0.717) is 6.04 Å². The van der Waals surface area contributed by atoms with E-state index in [9.17, 15) is 0 Å². The lowest BCUT2D eigenvalue weighted by Crippen LogP contribution is -2.33. The molecule has 0 saturated carbocycles. The zero-order valence-electron chi connectivity index (χ0n) is 9.73. The predicted molar refractivity (Wildman–Crippen MR) is 65.6 cm³/mol. The van der Waals surface area contributed by atoms with Gasteiger partial charge >= 0.3 is 0 Å². The van der Waals surface area contributed by atoms with E-state index < -0.39 is 0 Å². The van der Waals surface area contributed by atoms with Crippen LogP contribution < -0.4 is 5.32 Å². The minimum atomic E-state index is 0.551. The van der Waals surface area contributed by atoms with Crippen LogP contribution in [0.2, 0.25) is 0 Å². The Bertz CT molecular complexity index is 479. The highest BCUT2D eigenvalue weighted by Crippen LogP contribution is 2.21. The second kappa shape index (κ2) is 4.72. The van der Waals surface area contributed by atoms with E-state index in [1.165, 1.54) is 24.0 Å². The van der Waals surface area contributed by atoms with Crippen molar-refractivity contribution < 1.29 is 4.52 Å². The summed E-state index contributed by atoms with van der Waals surface area (Å²) in [6.07, 6.45) is 5.17. The summed E-state index contributed by atoms with van der Waals surface area (Å²) in [6, 6.07) is 11.2. The minimum absolute atomic E-state index is 0.551. The largest absolute Gasteiger partial charge is 0.360 e. The van der Waals surface area contributed by atoms with Crippen LogP contribution >= 0.6 is 0 Å². The van der Waals surface area contributed by atoms with Crippen molar-refractivity contribution in [3.63, 3.8) is 0 Å². The number of benzene rings is 1.